The van der Waals surface area contributed by atoms with Gasteiger partial charge in [-0.3, -0.25) is 0 Å². The highest BCUT2D eigenvalue weighted by Crippen LogP contribution is 2.44. The van der Waals surface area contributed by atoms with Gasteiger partial charge in [0, 0.05) is 58.1 Å². The maximum Gasteiger partial charge on any atom is 0.164 e. The molecule has 0 aliphatic rings. The molecule has 0 saturated carbocycles. The molecule has 0 amide bonds. The first-order valence-electron chi connectivity index (χ1n) is 18.4. The van der Waals surface area contributed by atoms with Crippen molar-refractivity contribution in [1.82, 2.24) is 24.9 Å². The molecule has 4 heterocycles. The fourth-order valence-electron chi connectivity index (χ4n) is 7.41. The summed E-state index contributed by atoms with van der Waals surface area (Å²) in [7, 11) is 0. The Morgan fingerprint density at radius 3 is 1.52 bits per heavy atom. The summed E-state index contributed by atoms with van der Waals surface area (Å²) in [6.07, 6.45) is 0. The predicted octanol–water partition coefficient (Wildman–Crippen LogP) is 13.4. The lowest BCUT2D eigenvalue weighted by Gasteiger charge is -2.09. The lowest BCUT2D eigenvalue weighted by Crippen LogP contribution is -2.00. The van der Waals surface area contributed by atoms with Gasteiger partial charge in [-0.1, -0.05) is 146 Å². The van der Waals surface area contributed by atoms with Crippen LogP contribution in [0.4, 0.5) is 0 Å². The third kappa shape index (κ3) is 5.64. The maximum atomic E-state index is 5.38. The molecular formula is C49H29N5S2. The van der Waals surface area contributed by atoms with E-state index < -0.39 is 0 Å². The van der Waals surface area contributed by atoms with Gasteiger partial charge in [0.25, 0.3) is 0 Å². The molecule has 4 aromatic heterocycles. The van der Waals surface area contributed by atoms with Crippen molar-refractivity contribution in [2.75, 3.05) is 0 Å². The molecule has 0 bridgehead atoms. The molecule has 7 aromatic carbocycles. The standard InChI is InChI=1S/C49H29N5S2/c1-4-13-30(14-5-1)31-23-25-32(26-24-31)42-45-43(37-19-10-11-22-40(37)56-45)51-49(50-42)38-21-12-20-36-39-29-35(27-28-41(39)55-44(36)38)48-53-46(33-15-6-2-7-16-33)52-47(54-48)34-17-8-3-9-18-34/h1-29H. The first-order valence-corrected chi connectivity index (χ1v) is 20.0. The summed E-state index contributed by atoms with van der Waals surface area (Å²) in [5.74, 6) is 2.64. The molecule has 11 aromatic rings. The van der Waals surface area contributed by atoms with Gasteiger partial charge in [-0.05, 0) is 41.5 Å². The fraction of sp³-hybridized carbons (Fsp3) is 0. The molecule has 56 heavy (non-hydrogen) atoms. The SMILES string of the molecule is c1ccc(-c2ccc(-c3nc(-c4cccc5c4sc4ccc(-c6nc(-c7ccccc7)nc(-c7ccccc7)n6)cc45)nc4c3sc3ccccc34)cc2)cc1. The average molecular weight is 752 g/mol. The Bertz CT molecular complexity index is 3170. The van der Waals surface area contributed by atoms with Gasteiger partial charge in [-0.2, -0.15) is 0 Å². The van der Waals surface area contributed by atoms with Crippen LogP contribution < -0.4 is 0 Å². The van der Waals surface area contributed by atoms with Crippen LogP contribution >= 0.6 is 22.7 Å². The van der Waals surface area contributed by atoms with E-state index in [0.29, 0.717) is 17.5 Å². The molecule has 262 valence electrons. The fourth-order valence-corrected chi connectivity index (χ4v) is 9.76. The quantitative estimate of drug-likeness (QED) is 0.169. The van der Waals surface area contributed by atoms with Crippen LogP contribution in [0.2, 0.25) is 0 Å². The average Bonchev–Trinajstić information content (AvgIpc) is 3.85. The van der Waals surface area contributed by atoms with E-state index in [2.05, 4.69) is 109 Å². The number of benzene rings is 7. The molecular weight excluding hydrogens is 723 g/mol. The van der Waals surface area contributed by atoms with Gasteiger partial charge in [0.05, 0.1) is 15.9 Å². The van der Waals surface area contributed by atoms with E-state index in [0.717, 1.165) is 70.4 Å². The molecule has 0 unspecified atom stereocenters. The Balaban J connectivity index is 1.07. The van der Waals surface area contributed by atoms with E-state index in [-0.39, 0.29) is 0 Å². The summed E-state index contributed by atoms with van der Waals surface area (Å²) in [6, 6.07) is 60.9. The molecule has 0 atom stereocenters. The van der Waals surface area contributed by atoms with Gasteiger partial charge in [-0.25, -0.2) is 24.9 Å². The van der Waals surface area contributed by atoms with Crippen molar-refractivity contribution >= 4 is 63.1 Å². The zero-order chi connectivity index (χ0) is 37.0. The van der Waals surface area contributed by atoms with Gasteiger partial charge in [-0.15, -0.1) is 22.7 Å². The first kappa shape index (κ1) is 32.5. The molecule has 0 aliphatic heterocycles. The number of fused-ring (bicyclic) bond motifs is 6. The molecule has 11 rings (SSSR count). The number of thiophene rings is 2. The second kappa shape index (κ2) is 13.4. The van der Waals surface area contributed by atoms with E-state index in [1.165, 1.54) is 20.5 Å². The third-order valence-corrected chi connectivity index (χ3v) is 12.6. The maximum absolute atomic E-state index is 5.38. The largest absolute Gasteiger partial charge is 0.226 e. The van der Waals surface area contributed by atoms with E-state index >= 15 is 0 Å². The Morgan fingerprint density at radius 2 is 0.821 bits per heavy atom. The Morgan fingerprint density at radius 1 is 0.304 bits per heavy atom. The van der Waals surface area contributed by atoms with Crippen LogP contribution in [0.1, 0.15) is 0 Å². The number of hydrogen-bond acceptors (Lipinski definition) is 7. The molecule has 5 nitrogen and oxygen atoms in total. The van der Waals surface area contributed by atoms with Gasteiger partial charge in [0.2, 0.25) is 0 Å². The van der Waals surface area contributed by atoms with Crippen LogP contribution in [0.25, 0.3) is 108 Å². The molecule has 0 saturated heterocycles. The summed E-state index contributed by atoms with van der Waals surface area (Å²) >= 11 is 3.52. The molecule has 7 heteroatoms. The van der Waals surface area contributed by atoms with Gasteiger partial charge >= 0.3 is 0 Å². The van der Waals surface area contributed by atoms with E-state index in [9.17, 15) is 0 Å². The van der Waals surface area contributed by atoms with Crippen molar-refractivity contribution in [3.63, 3.8) is 0 Å². The summed E-state index contributed by atoms with van der Waals surface area (Å²) < 4.78 is 4.62. The van der Waals surface area contributed by atoms with Crippen molar-refractivity contribution in [2.24, 2.45) is 0 Å². The summed E-state index contributed by atoms with van der Waals surface area (Å²) in [6.45, 7) is 0. The highest BCUT2D eigenvalue weighted by Gasteiger charge is 2.20. The minimum atomic E-state index is 0.635. The van der Waals surface area contributed by atoms with Crippen molar-refractivity contribution in [3.05, 3.63) is 176 Å². The Labute approximate surface area is 330 Å². The molecule has 0 N–H and O–H groups in total. The second-order valence-electron chi connectivity index (χ2n) is 13.6. The molecule has 0 radical (unpaired) electrons. The highest BCUT2D eigenvalue weighted by molar-refractivity contribution is 7.26. The molecule has 0 fully saturated rings. The van der Waals surface area contributed by atoms with E-state index in [4.69, 9.17) is 24.9 Å². The Kier molecular flexibility index (Phi) is 7.79. The predicted molar refractivity (Wildman–Crippen MR) is 234 cm³/mol. The van der Waals surface area contributed by atoms with Crippen molar-refractivity contribution in [1.29, 1.82) is 0 Å². The lowest BCUT2D eigenvalue weighted by molar-refractivity contribution is 1.07. The monoisotopic (exact) mass is 751 g/mol. The zero-order valence-corrected chi connectivity index (χ0v) is 31.4. The van der Waals surface area contributed by atoms with Crippen LogP contribution in [-0.4, -0.2) is 24.9 Å². The third-order valence-electron chi connectivity index (χ3n) is 10.2. The van der Waals surface area contributed by atoms with Crippen LogP contribution in [-0.2, 0) is 0 Å². The van der Waals surface area contributed by atoms with Crippen molar-refractivity contribution < 1.29 is 0 Å². The number of rotatable bonds is 6. The number of nitrogens with zero attached hydrogens (tertiary/aromatic N) is 5. The van der Waals surface area contributed by atoms with Gasteiger partial charge in [0.15, 0.2) is 23.3 Å². The van der Waals surface area contributed by atoms with Crippen LogP contribution in [0.5, 0.6) is 0 Å². The summed E-state index contributed by atoms with van der Waals surface area (Å²) in [5.41, 5.74) is 9.21. The summed E-state index contributed by atoms with van der Waals surface area (Å²) in [5, 5.41) is 3.44. The zero-order valence-electron chi connectivity index (χ0n) is 29.8. The van der Waals surface area contributed by atoms with Crippen LogP contribution in [0.15, 0.2) is 176 Å². The van der Waals surface area contributed by atoms with Gasteiger partial charge < -0.3 is 0 Å². The second-order valence-corrected chi connectivity index (χ2v) is 15.8. The first-order chi connectivity index (χ1) is 27.7. The van der Waals surface area contributed by atoms with Crippen molar-refractivity contribution in [3.8, 4) is 67.9 Å². The van der Waals surface area contributed by atoms with E-state index in [1.807, 2.05) is 66.7 Å². The van der Waals surface area contributed by atoms with E-state index in [1.54, 1.807) is 22.7 Å². The minimum absolute atomic E-state index is 0.635. The number of hydrogen-bond donors (Lipinski definition) is 0. The van der Waals surface area contributed by atoms with Gasteiger partial charge in [0.1, 0.15) is 0 Å². The summed E-state index contributed by atoms with van der Waals surface area (Å²) in [4.78, 5) is 25.6. The lowest BCUT2D eigenvalue weighted by atomic mass is 10.0. The topological polar surface area (TPSA) is 64.5 Å². The minimum Gasteiger partial charge on any atom is -0.226 e. The highest BCUT2D eigenvalue weighted by atomic mass is 32.1. The molecule has 0 spiro atoms. The van der Waals surface area contributed by atoms with Crippen LogP contribution in [0, 0.1) is 0 Å². The number of aromatic nitrogens is 5. The molecule has 0 aliphatic carbocycles. The van der Waals surface area contributed by atoms with Crippen LogP contribution in [0.3, 0.4) is 0 Å². The normalized spacial score (nSPS) is 11.6. The Hall–Kier alpha value is -6.93. The smallest absolute Gasteiger partial charge is 0.164 e. The van der Waals surface area contributed by atoms with Crippen molar-refractivity contribution in [2.45, 2.75) is 0 Å².